The number of nitrogens with one attached hydrogen (secondary N) is 1. The van der Waals surface area contributed by atoms with Crippen LogP contribution in [0.5, 0.6) is 0 Å². The van der Waals surface area contributed by atoms with Crippen molar-refractivity contribution in [2.24, 2.45) is 0 Å². The molecular weight excluding hydrogens is 410 g/mol. The molecule has 0 saturated carbocycles. The zero-order valence-electron chi connectivity index (χ0n) is 18.1. The van der Waals surface area contributed by atoms with Crippen molar-refractivity contribution < 1.29 is 9.53 Å². The Morgan fingerprint density at radius 2 is 1.87 bits per heavy atom. The van der Waals surface area contributed by atoms with Gasteiger partial charge in [0.2, 0.25) is 0 Å². The van der Waals surface area contributed by atoms with Gasteiger partial charge >= 0.3 is 0 Å². The second kappa shape index (κ2) is 9.53. The number of fused-ring (bicyclic) bond motifs is 1. The fraction of sp³-hybridized carbons (Fsp3) is 0.348. The number of carbonyl (C=O) groups is 1. The molecule has 1 aromatic heterocycles. The monoisotopic (exact) mass is 437 g/mol. The van der Waals surface area contributed by atoms with Crippen LogP contribution in [0.1, 0.15) is 15.9 Å². The topological polar surface area (TPSA) is 70.6 Å². The van der Waals surface area contributed by atoms with Crippen LogP contribution in [-0.2, 0) is 11.3 Å². The van der Waals surface area contributed by atoms with Crippen LogP contribution in [0.25, 0.3) is 10.9 Å². The fourth-order valence-electron chi connectivity index (χ4n) is 3.54. The molecular formula is C23H27N5O2S. The first kappa shape index (κ1) is 21.4. The van der Waals surface area contributed by atoms with Crippen molar-refractivity contribution in [1.82, 2.24) is 15.3 Å². The van der Waals surface area contributed by atoms with E-state index < -0.39 is 0 Å². The lowest BCUT2D eigenvalue weighted by Gasteiger charge is -2.28. The van der Waals surface area contributed by atoms with E-state index in [0.717, 1.165) is 41.1 Å². The van der Waals surface area contributed by atoms with Gasteiger partial charge in [-0.25, -0.2) is 9.97 Å². The van der Waals surface area contributed by atoms with Gasteiger partial charge < -0.3 is 19.9 Å². The van der Waals surface area contributed by atoms with Gasteiger partial charge in [0.15, 0.2) is 5.16 Å². The van der Waals surface area contributed by atoms with Crippen molar-refractivity contribution in [2.75, 3.05) is 56.5 Å². The summed E-state index contributed by atoms with van der Waals surface area (Å²) in [6, 6.07) is 13.8. The Bertz CT molecular complexity index is 1070. The Balaban J connectivity index is 1.54. The summed E-state index contributed by atoms with van der Waals surface area (Å²) in [6.45, 7) is 3.46. The van der Waals surface area contributed by atoms with E-state index in [4.69, 9.17) is 9.72 Å². The van der Waals surface area contributed by atoms with E-state index in [1.807, 2.05) is 67.7 Å². The van der Waals surface area contributed by atoms with Crippen LogP contribution in [-0.4, -0.2) is 62.5 Å². The summed E-state index contributed by atoms with van der Waals surface area (Å²) in [6.07, 6.45) is 1.96. The molecule has 4 rings (SSSR count). The van der Waals surface area contributed by atoms with Crippen LogP contribution in [0.3, 0.4) is 0 Å². The number of hydrogen-bond donors (Lipinski definition) is 1. The number of morpholine rings is 1. The Hall–Kier alpha value is -2.84. The average molecular weight is 438 g/mol. The van der Waals surface area contributed by atoms with Crippen molar-refractivity contribution in [1.29, 1.82) is 0 Å². The summed E-state index contributed by atoms with van der Waals surface area (Å²) in [7, 11) is 4.01. The zero-order valence-corrected chi connectivity index (χ0v) is 18.9. The van der Waals surface area contributed by atoms with Crippen LogP contribution < -0.4 is 15.1 Å². The molecule has 0 atom stereocenters. The molecule has 1 aliphatic rings. The van der Waals surface area contributed by atoms with Gasteiger partial charge in [-0.15, -0.1) is 0 Å². The Labute approximate surface area is 186 Å². The van der Waals surface area contributed by atoms with Crippen molar-refractivity contribution in [3.05, 3.63) is 53.6 Å². The van der Waals surface area contributed by atoms with E-state index in [0.29, 0.717) is 30.5 Å². The molecule has 0 radical (unpaired) electrons. The first-order valence-corrected chi connectivity index (χ1v) is 11.5. The summed E-state index contributed by atoms with van der Waals surface area (Å²) in [4.78, 5) is 26.4. The maximum Gasteiger partial charge on any atom is 0.251 e. The van der Waals surface area contributed by atoms with Crippen LogP contribution in [0.15, 0.2) is 47.6 Å². The third-order valence-corrected chi connectivity index (χ3v) is 5.87. The standard InChI is InChI=1S/C23H27N5O2S/c1-27(2)18-7-4-16(5-8-18)15-24-22(29)17-6-9-19-20(14-17)25-23(31-3)26-21(19)28-10-12-30-13-11-28/h4-9,14H,10-13,15H2,1-3H3,(H,24,29). The van der Waals surface area contributed by atoms with Gasteiger partial charge in [0.25, 0.3) is 5.91 Å². The maximum atomic E-state index is 12.8. The van der Waals surface area contributed by atoms with Gasteiger partial charge in [-0.1, -0.05) is 23.9 Å². The highest BCUT2D eigenvalue weighted by Gasteiger charge is 2.18. The molecule has 8 heteroatoms. The fourth-order valence-corrected chi connectivity index (χ4v) is 3.90. The minimum Gasteiger partial charge on any atom is -0.378 e. The third-order valence-electron chi connectivity index (χ3n) is 5.32. The van der Waals surface area contributed by atoms with Gasteiger partial charge in [-0.05, 0) is 42.2 Å². The molecule has 31 heavy (non-hydrogen) atoms. The Kier molecular flexibility index (Phi) is 6.58. The summed E-state index contributed by atoms with van der Waals surface area (Å²) >= 11 is 1.50. The predicted molar refractivity (Wildman–Crippen MR) is 126 cm³/mol. The number of anilines is 2. The maximum absolute atomic E-state index is 12.8. The molecule has 0 unspecified atom stereocenters. The SMILES string of the molecule is CSc1nc(N2CCOCC2)c2ccc(C(=O)NCc3ccc(N(C)C)cc3)cc2n1. The summed E-state index contributed by atoms with van der Waals surface area (Å²) in [5.41, 5.74) is 3.56. The molecule has 0 bridgehead atoms. The summed E-state index contributed by atoms with van der Waals surface area (Å²) in [5.74, 6) is 0.793. The Morgan fingerprint density at radius 3 is 2.55 bits per heavy atom. The number of ether oxygens (including phenoxy) is 1. The van der Waals surface area contributed by atoms with E-state index in [1.165, 1.54) is 11.8 Å². The molecule has 1 amide bonds. The lowest BCUT2D eigenvalue weighted by molar-refractivity contribution is 0.0951. The minimum absolute atomic E-state index is 0.115. The smallest absolute Gasteiger partial charge is 0.251 e. The molecule has 2 aromatic carbocycles. The van der Waals surface area contributed by atoms with E-state index in [-0.39, 0.29) is 5.91 Å². The van der Waals surface area contributed by atoms with Crippen LogP contribution in [0.2, 0.25) is 0 Å². The molecule has 1 aliphatic heterocycles. The number of benzene rings is 2. The van der Waals surface area contributed by atoms with Crippen LogP contribution >= 0.6 is 11.8 Å². The lowest BCUT2D eigenvalue weighted by atomic mass is 10.1. The third kappa shape index (κ3) is 4.91. The molecule has 0 aliphatic carbocycles. The van der Waals surface area contributed by atoms with Crippen molar-refractivity contribution in [3.8, 4) is 0 Å². The number of amides is 1. The van der Waals surface area contributed by atoms with Crippen molar-refractivity contribution in [2.45, 2.75) is 11.7 Å². The first-order chi connectivity index (χ1) is 15.0. The normalized spacial score (nSPS) is 14.0. The van der Waals surface area contributed by atoms with Crippen molar-refractivity contribution >= 4 is 40.1 Å². The van der Waals surface area contributed by atoms with Crippen molar-refractivity contribution in [3.63, 3.8) is 0 Å². The second-order valence-corrected chi connectivity index (χ2v) is 8.38. The molecule has 162 valence electrons. The number of thioether (sulfide) groups is 1. The highest BCUT2D eigenvalue weighted by Crippen LogP contribution is 2.28. The number of carbonyl (C=O) groups excluding carboxylic acids is 1. The summed E-state index contributed by atoms with van der Waals surface area (Å²) in [5, 5.41) is 4.66. The second-order valence-electron chi connectivity index (χ2n) is 7.61. The average Bonchev–Trinajstić information content (AvgIpc) is 2.82. The first-order valence-electron chi connectivity index (χ1n) is 10.3. The molecule has 1 fully saturated rings. The van der Waals surface area contributed by atoms with Crippen LogP contribution in [0, 0.1) is 0 Å². The van der Waals surface area contributed by atoms with Gasteiger partial charge in [-0.3, -0.25) is 4.79 Å². The summed E-state index contributed by atoms with van der Waals surface area (Å²) < 4.78 is 5.48. The highest BCUT2D eigenvalue weighted by molar-refractivity contribution is 7.98. The van der Waals surface area contributed by atoms with Crippen LogP contribution in [0.4, 0.5) is 11.5 Å². The zero-order chi connectivity index (χ0) is 21.8. The largest absolute Gasteiger partial charge is 0.378 e. The molecule has 2 heterocycles. The Morgan fingerprint density at radius 1 is 1.13 bits per heavy atom. The van der Waals surface area contributed by atoms with E-state index in [9.17, 15) is 4.79 Å². The number of hydrogen-bond acceptors (Lipinski definition) is 7. The van der Waals surface area contributed by atoms with Gasteiger partial charge in [0.1, 0.15) is 5.82 Å². The molecule has 1 N–H and O–H groups in total. The molecule has 7 nitrogen and oxygen atoms in total. The minimum atomic E-state index is -0.115. The number of nitrogens with zero attached hydrogens (tertiary/aromatic N) is 4. The lowest BCUT2D eigenvalue weighted by Crippen LogP contribution is -2.37. The van der Waals surface area contributed by atoms with Gasteiger partial charge in [0.05, 0.1) is 18.7 Å². The number of aromatic nitrogens is 2. The molecule has 1 saturated heterocycles. The van der Waals surface area contributed by atoms with Gasteiger partial charge in [0, 0.05) is 50.4 Å². The van der Waals surface area contributed by atoms with Gasteiger partial charge in [-0.2, -0.15) is 0 Å². The molecule has 0 spiro atoms. The molecule has 3 aromatic rings. The number of rotatable bonds is 6. The van der Waals surface area contributed by atoms with E-state index >= 15 is 0 Å². The van der Waals surface area contributed by atoms with E-state index in [2.05, 4.69) is 15.2 Å². The quantitative estimate of drug-likeness (QED) is 0.469. The highest BCUT2D eigenvalue weighted by atomic mass is 32.2. The predicted octanol–water partition coefficient (Wildman–Crippen LogP) is 3.18. The van der Waals surface area contributed by atoms with E-state index in [1.54, 1.807) is 0 Å².